The highest BCUT2D eigenvalue weighted by molar-refractivity contribution is 7.81. The van der Waals surface area contributed by atoms with Crippen LogP contribution < -0.4 is 0 Å². The Balaban J connectivity index is 2.03. The Morgan fingerprint density at radius 3 is 2.60 bits per heavy atom. The maximum Gasteiger partial charge on any atom is 0.318 e. The molecule has 0 amide bonds. The summed E-state index contributed by atoms with van der Waals surface area (Å²) < 4.78 is 5.17. The second-order valence-corrected chi connectivity index (χ2v) is 7.28. The van der Waals surface area contributed by atoms with Crippen LogP contribution in [-0.2, 0) is 16.0 Å². The zero-order valence-electron chi connectivity index (χ0n) is 12.8. The zero-order chi connectivity index (χ0) is 15.0. The minimum absolute atomic E-state index is 0.180. The Bertz CT molecular complexity index is 413. The topological polar surface area (TPSA) is 26.3 Å². The van der Waals surface area contributed by atoms with Gasteiger partial charge in [0.25, 0.3) is 0 Å². The largest absolute Gasteiger partial charge is 0.465 e. The van der Waals surface area contributed by atoms with E-state index in [1.165, 1.54) is 34.6 Å². The molecule has 1 aromatic rings. The van der Waals surface area contributed by atoms with Crippen LogP contribution in [0.15, 0.2) is 6.07 Å². The van der Waals surface area contributed by atoms with Crippen LogP contribution in [0.2, 0.25) is 0 Å². The quantitative estimate of drug-likeness (QED) is 0.405. The molecule has 1 atom stereocenters. The van der Waals surface area contributed by atoms with Crippen molar-refractivity contribution in [3.63, 3.8) is 0 Å². The second-order valence-electron chi connectivity index (χ2n) is 5.19. The van der Waals surface area contributed by atoms with Gasteiger partial charge in [-0.2, -0.15) is 12.6 Å². The van der Waals surface area contributed by atoms with Crippen LogP contribution in [-0.4, -0.2) is 17.8 Å². The van der Waals surface area contributed by atoms with Crippen molar-refractivity contribution >= 4 is 29.9 Å². The molecule has 1 heterocycles. The lowest BCUT2D eigenvalue weighted by Crippen LogP contribution is -2.17. The van der Waals surface area contributed by atoms with Crippen molar-refractivity contribution in [2.45, 2.75) is 64.5 Å². The molecule has 114 valence electrons. The molecule has 0 aliphatic rings. The van der Waals surface area contributed by atoms with E-state index in [1.54, 1.807) is 0 Å². The highest BCUT2D eigenvalue weighted by Crippen LogP contribution is 2.22. The lowest BCUT2D eigenvalue weighted by atomic mass is 10.1. The second kappa shape index (κ2) is 9.46. The lowest BCUT2D eigenvalue weighted by Gasteiger charge is -2.08. The summed E-state index contributed by atoms with van der Waals surface area (Å²) >= 11 is 6.05. The van der Waals surface area contributed by atoms with Crippen LogP contribution in [0.1, 0.15) is 54.3 Å². The maximum absolute atomic E-state index is 11.4. The van der Waals surface area contributed by atoms with E-state index >= 15 is 0 Å². The minimum atomic E-state index is -0.264. The molecule has 0 saturated heterocycles. The number of carbonyl (C=O) groups excluding carboxylic acids is 1. The summed E-state index contributed by atoms with van der Waals surface area (Å²) in [4.78, 5) is 14.2. The number of thiophene rings is 1. The third-order valence-corrected chi connectivity index (χ3v) is 4.97. The van der Waals surface area contributed by atoms with E-state index in [0.717, 1.165) is 19.3 Å². The van der Waals surface area contributed by atoms with Crippen LogP contribution in [0.5, 0.6) is 0 Å². The van der Waals surface area contributed by atoms with Gasteiger partial charge in [0.05, 0.1) is 11.9 Å². The zero-order valence-corrected chi connectivity index (χ0v) is 14.5. The molecule has 0 radical (unpaired) electrons. The van der Waals surface area contributed by atoms with Crippen molar-refractivity contribution in [3.8, 4) is 0 Å². The molecule has 1 unspecified atom stereocenters. The number of thiol groups is 1. The molecule has 1 rings (SSSR count). The minimum Gasteiger partial charge on any atom is -0.465 e. The third-order valence-electron chi connectivity index (χ3n) is 3.39. The van der Waals surface area contributed by atoms with E-state index in [-0.39, 0.29) is 11.2 Å². The summed E-state index contributed by atoms with van der Waals surface area (Å²) in [5.41, 5.74) is 1.50. The lowest BCUT2D eigenvalue weighted by molar-refractivity contribution is -0.143. The van der Waals surface area contributed by atoms with Gasteiger partial charge in [0.15, 0.2) is 0 Å². The van der Waals surface area contributed by atoms with Gasteiger partial charge in [-0.3, -0.25) is 4.79 Å². The van der Waals surface area contributed by atoms with Crippen LogP contribution >= 0.6 is 24.0 Å². The number of carbonyl (C=O) groups is 1. The number of esters is 1. The third kappa shape index (κ3) is 6.31. The molecule has 4 heteroatoms. The van der Waals surface area contributed by atoms with Crippen LogP contribution in [0.4, 0.5) is 0 Å². The van der Waals surface area contributed by atoms with Crippen LogP contribution in [0.3, 0.4) is 0 Å². The Hall–Kier alpha value is -0.480. The number of rotatable bonds is 9. The average Bonchev–Trinajstić information content (AvgIpc) is 2.74. The molecule has 20 heavy (non-hydrogen) atoms. The monoisotopic (exact) mass is 314 g/mol. The predicted octanol–water partition coefficient (Wildman–Crippen LogP) is 4.72. The molecule has 0 aliphatic carbocycles. The fourth-order valence-corrected chi connectivity index (χ4v) is 3.19. The molecule has 1 aromatic heterocycles. The van der Waals surface area contributed by atoms with E-state index in [0.29, 0.717) is 6.61 Å². The van der Waals surface area contributed by atoms with E-state index in [2.05, 4.69) is 32.5 Å². The van der Waals surface area contributed by atoms with Crippen LogP contribution in [0.25, 0.3) is 0 Å². The number of hydrogen-bond acceptors (Lipinski definition) is 4. The van der Waals surface area contributed by atoms with Crippen molar-refractivity contribution in [2.24, 2.45) is 0 Å². The molecule has 0 spiro atoms. The van der Waals surface area contributed by atoms with Gasteiger partial charge < -0.3 is 4.74 Å². The predicted molar refractivity (Wildman–Crippen MR) is 90.0 cm³/mol. The molecule has 0 aromatic carbocycles. The SMILES string of the molecule is CCC(S)C(=O)OCCCCCCc1cc(C)sc1C. The van der Waals surface area contributed by atoms with Gasteiger partial charge in [0.1, 0.15) is 0 Å². The summed E-state index contributed by atoms with van der Waals surface area (Å²) in [7, 11) is 0. The highest BCUT2D eigenvalue weighted by atomic mass is 32.1. The molecule has 2 nitrogen and oxygen atoms in total. The van der Waals surface area contributed by atoms with Gasteiger partial charge in [-0.1, -0.05) is 19.8 Å². The van der Waals surface area contributed by atoms with Gasteiger partial charge in [0.2, 0.25) is 0 Å². The molecular formula is C16H26O2S2. The summed E-state index contributed by atoms with van der Waals surface area (Å²) in [6.45, 7) is 6.84. The first-order valence-electron chi connectivity index (χ1n) is 7.45. The fourth-order valence-electron chi connectivity index (χ4n) is 2.14. The highest BCUT2D eigenvalue weighted by Gasteiger charge is 2.12. The van der Waals surface area contributed by atoms with Crippen molar-refractivity contribution in [1.29, 1.82) is 0 Å². The summed E-state index contributed by atoms with van der Waals surface area (Å²) in [6, 6.07) is 2.30. The van der Waals surface area contributed by atoms with Gasteiger partial charge in [-0.15, -0.1) is 11.3 Å². The van der Waals surface area contributed by atoms with E-state index in [9.17, 15) is 4.79 Å². The molecule has 0 bridgehead atoms. The average molecular weight is 315 g/mol. The van der Waals surface area contributed by atoms with E-state index in [1.807, 2.05) is 18.3 Å². The first-order valence-corrected chi connectivity index (χ1v) is 8.78. The Labute approximate surface area is 132 Å². The molecular weight excluding hydrogens is 288 g/mol. The van der Waals surface area contributed by atoms with Gasteiger partial charge in [-0.25, -0.2) is 0 Å². The van der Waals surface area contributed by atoms with E-state index in [4.69, 9.17) is 4.74 Å². The summed E-state index contributed by atoms with van der Waals surface area (Å²) in [6.07, 6.45) is 6.39. The molecule has 0 aliphatic heterocycles. The smallest absolute Gasteiger partial charge is 0.318 e. The van der Waals surface area contributed by atoms with Crippen molar-refractivity contribution < 1.29 is 9.53 Å². The molecule has 0 N–H and O–H groups in total. The Morgan fingerprint density at radius 2 is 2.00 bits per heavy atom. The molecule has 0 saturated carbocycles. The van der Waals surface area contributed by atoms with Crippen molar-refractivity contribution in [1.82, 2.24) is 0 Å². The summed E-state index contributed by atoms with van der Waals surface area (Å²) in [5, 5.41) is -0.264. The summed E-state index contributed by atoms with van der Waals surface area (Å²) in [5.74, 6) is -0.180. The van der Waals surface area contributed by atoms with Gasteiger partial charge >= 0.3 is 5.97 Å². The van der Waals surface area contributed by atoms with Gasteiger partial charge in [0, 0.05) is 9.75 Å². The molecule has 0 fully saturated rings. The first-order chi connectivity index (χ1) is 9.54. The number of unbranched alkanes of at least 4 members (excludes halogenated alkanes) is 3. The number of aryl methyl sites for hydroxylation is 3. The van der Waals surface area contributed by atoms with E-state index < -0.39 is 0 Å². The fraction of sp³-hybridized carbons (Fsp3) is 0.688. The van der Waals surface area contributed by atoms with Gasteiger partial charge in [-0.05, 0) is 51.2 Å². The Morgan fingerprint density at radius 1 is 1.30 bits per heavy atom. The van der Waals surface area contributed by atoms with Crippen molar-refractivity contribution in [3.05, 3.63) is 21.4 Å². The number of ether oxygens (including phenoxy) is 1. The standard InChI is InChI=1S/C16H26O2S2/c1-4-15(19)16(17)18-10-8-6-5-7-9-14-11-12(2)20-13(14)3/h11,15,19H,4-10H2,1-3H3. The van der Waals surface area contributed by atoms with Crippen molar-refractivity contribution in [2.75, 3.05) is 6.61 Å². The maximum atomic E-state index is 11.4. The Kier molecular flexibility index (Phi) is 8.31. The first kappa shape index (κ1) is 17.6. The van der Waals surface area contributed by atoms with Crippen LogP contribution in [0, 0.1) is 13.8 Å². The number of hydrogen-bond donors (Lipinski definition) is 1. The normalized spacial score (nSPS) is 12.4.